The van der Waals surface area contributed by atoms with Crippen LogP contribution in [0.4, 0.5) is 0 Å². The zero-order chi connectivity index (χ0) is 15.5. The van der Waals surface area contributed by atoms with Crippen molar-refractivity contribution < 1.29 is 9.21 Å². The van der Waals surface area contributed by atoms with Gasteiger partial charge in [0.2, 0.25) is 5.89 Å². The van der Waals surface area contributed by atoms with Gasteiger partial charge in [-0.15, -0.1) is 11.3 Å². The van der Waals surface area contributed by atoms with Gasteiger partial charge in [-0.05, 0) is 26.0 Å². The molecular formula is C16H15N3O2S. The van der Waals surface area contributed by atoms with Gasteiger partial charge in [0.15, 0.2) is 5.69 Å². The standard InChI is InChI=1S/C16H15N3O2S/c1-10-9-22-13(18-10)8-17-15(20)14-11(2)21-16(19-14)12-6-4-3-5-7-12/h3-7,9H,8H2,1-2H3,(H,17,20). The summed E-state index contributed by atoms with van der Waals surface area (Å²) in [6.45, 7) is 4.06. The molecule has 0 spiro atoms. The van der Waals surface area contributed by atoms with Gasteiger partial charge in [0, 0.05) is 16.6 Å². The van der Waals surface area contributed by atoms with Gasteiger partial charge in [-0.2, -0.15) is 0 Å². The van der Waals surface area contributed by atoms with Gasteiger partial charge >= 0.3 is 0 Å². The van der Waals surface area contributed by atoms with Crippen molar-refractivity contribution in [2.45, 2.75) is 20.4 Å². The smallest absolute Gasteiger partial charge is 0.273 e. The quantitative estimate of drug-likeness (QED) is 0.802. The van der Waals surface area contributed by atoms with Crippen LogP contribution in [-0.4, -0.2) is 15.9 Å². The maximum Gasteiger partial charge on any atom is 0.273 e. The maximum absolute atomic E-state index is 12.2. The lowest BCUT2D eigenvalue weighted by Gasteiger charge is -2.00. The summed E-state index contributed by atoms with van der Waals surface area (Å²) < 4.78 is 5.59. The van der Waals surface area contributed by atoms with Gasteiger partial charge in [0.05, 0.1) is 6.54 Å². The van der Waals surface area contributed by atoms with Crippen LogP contribution in [0.15, 0.2) is 40.1 Å². The highest BCUT2D eigenvalue weighted by molar-refractivity contribution is 7.09. The van der Waals surface area contributed by atoms with Crippen molar-refractivity contribution in [1.29, 1.82) is 0 Å². The van der Waals surface area contributed by atoms with Crippen molar-refractivity contribution >= 4 is 17.2 Å². The number of hydrogen-bond acceptors (Lipinski definition) is 5. The van der Waals surface area contributed by atoms with E-state index in [0.717, 1.165) is 16.3 Å². The Morgan fingerprint density at radius 1 is 1.23 bits per heavy atom. The largest absolute Gasteiger partial charge is 0.441 e. The summed E-state index contributed by atoms with van der Waals surface area (Å²) in [4.78, 5) is 20.8. The molecule has 1 N–H and O–H groups in total. The molecule has 0 atom stereocenters. The van der Waals surface area contributed by atoms with E-state index >= 15 is 0 Å². The Balaban J connectivity index is 1.74. The highest BCUT2D eigenvalue weighted by Gasteiger charge is 2.18. The second kappa shape index (κ2) is 6.11. The van der Waals surface area contributed by atoms with Crippen LogP contribution in [0, 0.1) is 13.8 Å². The molecular weight excluding hydrogens is 298 g/mol. The molecule has 1 amide bonds. The lowest BCUT2D eigenvalue weighted by Crippen LogP contribution is -2.23. The Morgan fingerprint density at radius 2 is 2.00 bits per heavy atom. The first-order chi connectivity index (χ1) is 10.6. The van der Waals surface area contributed by atoms with Crippen LogP contribution in [0.5, 0.6) is 0 Å². The third-order valence-corrected chi connectivity index (χ3v) is 4.07. The van der Waals surface area contributed by atoms with Crippen LogP contribution in [0.3, 0.4) is 0 Å². The molecule has 22 heavy (non-hydrogen) atoms. The number of nitrogens with one attached hydrogen (secondary N) is 1. The SMILES string of the molecule is Cc1csc(CNC(=O)c2nc(-c3ccccc3)oc2C)n1. The van der Waals surface area contributed by atoms with Crippen LogP contribution in [-0.2, 0) is 6.54 Å². The van der Waals surface area contributed by atoms with E-state index in [2.05, 4.69) is 15.3 Å². The Morgan fingerprint density at radius 3 is 2.68 bits per heavy atom. The molecule has 0 aliphatic carbocycles. The number of benzene rings is 1. The second-order valence-corrected chi connectivity index (χ2v) is 5.80. The monoisotopic (exact) mass is 313 g/mol. The third kappa shape index (κ3) is 3.07. The molecule has 0 bridgehead atoms. The highest BCUT2D eigenvalue weighted by atomic mass is 32.1. The lowest BCUT2D eigenvalue weighted by atomic mass is 10.2. The molecule has 6 heteroatoms. The number of aryl methyl sites for hydroxylation is 2. The summed E-state index contributed by atoms with van der Waals surface area (Å²) in [6.07, 6.45) is 0. The molecule has 0 radical (unpaired) electrons. The number of amides is 1. The molecule has 0 fully saturated rings. The molecule has 5 nitrogen and oxygen atoms in total. The molecule has 112 valence electrons. The first kappa shape index (κ1) is 14.5. The number of carbonyl (C=O) groups excluding carboxylic acids is 1. The second-order valence-electron chi connectivity index (χ2n) is 4.86. The van der Waals surface area contributed by atoms with E-state index in [0.29, 0.717) is 23.9 Å². The summed E-state index contributed by atoms with van der Waals surface area (Å²) in [5.74, 6) is 0.705. The first-order valence-electron chi connectivity index (χ1n) is 6.85. The van der Waals surface area contributed by atoms with Crippen molar-refractivity contribution in [3.05, 3.63) is 57.9 Å². The molecule has 0 saturated heterocycles. The predicted molar refractivity (Wildman–Crippen MR) is 84.7 cm³/mol. The van der Waals surface area contributed by atoms with Gasteiger partial charge in [-0.1, -0.05) is 18.2 Å². The number of oxazole rings is 1. The van der Waals surface area contributed by atoms with Crippen LogP contribution < -0.4 is 5.32 Å². The fourth-order valence-electron chi connectivity index (χ4n) is 2.03. The summed E-state index contributed by atoms with van der Waals surface area (Å²) in [5.41, 5.74) is 2.12. The van der Waals surface area contributed by atoms with E-state index in [9.17, 15) is 4.79 Å². The minimum atomic E-state index is -0.253. The number of aromatic nitrogens is 2. The van der Waals surface area contributed by atoms with Gasteiger partial charge in [-0.25, -0.2) is 9.97 Å². The van der Waals surface area contributed by atoms with Crippen molar-refractivity contribution in [1.82, 2.24) is 15.3 Å². The van der Waals surface area contributed by atoms with Crippen LogP contribution >= 0.6 is 11.3 Å². The van der Waals surface area contributed by atoms with Gasteiger partial charge in [-0.3, -0.25) is 4.79 Å². The average molecular weight is 313 g/mol. The molecule has 1 aromatic carbocycles. The third-order valence-electron chi connectivity index (χ3n) is 3.10. The Labute approximate surface area is 132 Å². The fourth-order valence-corrected chi connectivity index (χ4v) is 2.75. The Bertz CT molecular complexity index is 793. The maximum atomic E-state index is 12.2. The van der Waals surface area contributed by atoms with Crippen molar-refractivity contribution in [2.75, 3.05) is 0 Å². The lowest BCUT2D eigenvalue weighted by molar-refractivity contribution is 0.0945. The minimum absolute atomic E-state index is 0.253. The average Bonchev–Trinajstić information content (AvgIpc) is 3.12. The Hall–Kier alpha value is -2.47. The van der Waals surface area contributed by atoms with E-state index in [-0.39, 0.29) is 5.91 Å². The molecule has 2 heterocycles. The van der Waals surface area contributed by atoms with Crippen LogP contribution in [0.1, 0.15) is 27.0 Å². The summed E-state index contributed by atoms with van der Waals surface area (Å²) in [5, 5.41) is 5.65. The number of hydrogen-bond donors (Lipinski definition) is 1. The molecule has 0 saturated carbocycles. The van der Waals surface area contributed by atoms with Crippen molar-refractivity contribution in [2.24, 2.45) is 0 Å². The number of thiazole rings is 1. The van der Waals surface area contributed by atoms with E-state index in [1.165, 1.54) is 11.3 Å². The van der Waals surface area contributed by atoms with Crippen LogP contribution in [0.2, 0.25) is 0 Å². The highest BCUT2D eigenvalue weighted by Crippen LogP contribution is 2.21. The fraction of sp³-hybridized carbons (Fsp3) is 0.188. The normalized spacial score (nSPS) is 10.6. The van der Waals surface area contributed by atoms with Gasteiger partial charge in [0.25, 0.3) is 5.91 Å². The summed E-state index contributed by atoms with van der Waals surface area (Å²) >= 11 is 1.52. The Kier molecular flexibility index (Phi) is 4.02. The van der Waals surface area contributed by atoms with Crippen molar-refractivity contribution in [3.8, 4) is 11.5 Å². The first-order valence-corrected chi connectivity index (χ1v) is 7.73. The zero-order valence-corrected chi connectivity index (χ0v) is 13.1. The molecule has 2 aromatic heterocycles. The summed E-state index contributed by atoms with van der Waals surface area (Å²) in [6, 6.07) is 9.51. The van der Waals surface area contributed by atoms with Crippen LogP contribution in [0.25, 0.3) is 11.5 Å². The van der Waals surface area contributed by atoms with E-state index in [1.54, 1.807) is 6.92 Å². The van der Waals surface area contributed by atoms with E-state index in [4.69, 9.17) is 4.42 Å². The summed E-state index contributed by atoms with van der Waals surface area (Å²) in [7, 11) is 0. The molecule has 3 rings (SSSR count). The topological polar surface area (TPSA) is 68.0 Å². The molecule has 0 unspecified atom stereocenters. The number of carbonyl (C=O) groups is 1. The van der Waals surface area contributed by atoms with E-state index < -0.39 is 0 Å². The molecule has 0 aliphatic heterocycles. The number of rotatable bonds is 4. The predicted octanol–water partition coefficient (Wildman–Crippen LogP) is 3.34. The zero-order valence-electron chi connectivity index (χ0n) is 12.3. The van der Waals surface area contributed by atoms with Gasteiger partial charge in [0.1, 0.15) is 10.8 Å². The minimum Gasteiger partial charge on any atom is -0.441 e. The molecule has 0 aliphatic rings. The number of nitrogens with zero attached hydrogens (tertiary/aromatic N) is 2. The molecule has 3 aromatic rings. The van der Waals surface area contributed by atoms with Gasteiger partial charge < -0.3 is 9.73 Å². The van der Waals surface area contributed by atoms with E-state index in [1.807, 2.05) is 42.6 Å². The van der Waals surface area contributed by atoms with Crippen molar-refractivity contribution in [3.63, 3.8) is 0 Å².